The van der Waals surface area contributed by atoms with Crippen LogP contribution in [0, 0.1) is 0 Å². The van der Waals surface area contributed by atoms with E-state index < -0.39 is 0 Å². The molecule has 1 heterocycles. The number of nitrogens with one attached hydrogen (secondary N) is 1. The van der Waals surface area contributed by atoms with Gasteiger partial charge in [-0.05, 0) is 34.1 Å². The number of hydrogen-bond donors (Lipinski definition) is 1. The van der Waals surface area contributed by atoms with Gasteiger partial charge in [0.05, 0.1) is 20.8 Å². The van der Waals surface area contributed by atoms with E-state index in [2.05, 4.69) is 26.2 Å². The van der Waals surface area contributed by atoms with Crippen LogP contribution >= 0.6 is 27.5 Å². The van der Waals surface area contributed by atoms with E-state index in [-0.39, 0.29) is 0 Å². The number of pyridine rings is 1. The van der Waals surface area contributed by atoms with E-state index in [0.29, 0.717) is 23.1 Å². The number of halogens is 2. The summed E-state index contributed by atoms with van der Waals surface area (Å²) in [5.74, 6) is 1.29. The Morgan fingerprint density at radius 1 is 1.25 bits per heavy atom. The summed E-state index contributed by atoms with van der Waals surface area (Å²) >= 11 is 9.38. The van der Waals surface area contributed by atoms with Crippen LogP contribution in [0.2, 0.25) is 5.02 Å². The molecule has 0 bridgehead atoms. The third-order valence-corrected chi connectivity index (χ3v) is 3.63. The molecule has 20 heavy (non-hydrogen) atoms. The van der Waals surface area contributed by atoms with Crippen LogP contribution < -0.4 is 14.8 Å². The number of benzene rings is 1. The SMILES string of the molecule is COc1ccnc(CNc2ccc(Cl)cc2Br)c1OC. The molecule has 0 aliphatic rings. The Hall–Kier alpha value is -1.46. The molecule has 2 rings (SSSR count). The Morgan fingerprint density at radius 3 is 2.70 bits per heavy atom. The van der Waals surface area contributed by atoms with Crippen LogP contribution in [0.1, 0.15) is 5.69 Å². The molecule has 4 nitrogen and oxygen atoms in total. The molecule has 0 aliphatic carbocycles. The smallest absolute Gasteiger partial charge is 0.184 e. The molecular formula is C14H14BrClN2O2. The van der Waals surface area contributed by atoms with Crippen LogP contribution in [-0.4, -0.2) is 19.2 Å². The summed E-state index contributed by atoms with van der Waals surface area (Å²) in [4.78, 5) is 4.31. The molecule has 0 saturated carbocycles. The van der Waals surface area contributed by atoms with Gasteiger partial charge in [0.2, 0.25) is 0 Å². The summed E-state index contributed by atoms with van der Waals surface area (Å²) in [6, 6.07) is 7.32. The van der Waals surface area contributed by atoms with E-state index in [1.165, 1.54) is 0 Å². The standard InChI is InChI=1S/C14H14BrClN2O2/c1-19-13-5-6-17-12(14(13)20-2)8-18-11-4-3-9(16)7-10(11)15/h3-7,18H,8H2,1-2H3. The second kappa shape index (κ2) is 6.81. The molecule has 0 fully saturated rings. The molecule has 1 aromatic heterocycles. The Bertz CT molecular complexity index is 608. The zero-order valence-electron chi connectivity index (χ0n) is 11.1. The van der Waals surface area contributed by atoms with Gasteiger partial charge in [0, 0.05) is 27.4 Å². The first kappa shape index (κ1) is 14.9. The van der Waals surface area contributed by atoms with Crippen molar-refractivity contribution in [2.45, 2.75) is 6.54 Å². The second-order valence-corrected chi connectivity index (χ2v) is 5.26. The zero-order valence-corrected chi connectivity index (χ0v) is 13.5. The van der Waals surface area contributed by atoms with Crippen LogP contribution in [-0.2, 0) is 6.54 Å². The Balaban J connectivity index is 2.18. The molecule has 1 aromatic carbocycles. The number of rotatable bonds is 5. The monoisotopic (exact) mass is 356 g/mol. The quantitative estimate of drug-likeness (QED) is 0.874. The van der Waals surface area contributed by atoms with Crippen molar-refractivity contribution in [2.75, 3.05) is 19.5 Å². The molecule has 106 valence electrons. The second-order valence-electron chi connectivity index (χ2n) is 3.97. The van der Waals surface area contributed by atoms with Gasteiger partial charge in [-0.1, -0.05) is 11.6 Å². The van der Waals surface area contributed by atoms with Crippen molar-refractivity contribution in [3.63, 3.8) is 0 Å². The van der Waals surface area contributed by atoms with Gasteiger partial charge in [0.15, 0.2) is 11.5 Å². The largest absolute Gasteiger partial charge is 0.493 e. The average Bonchev–Trinajstić information content (AvgIpc) is 2.45. The van der Waals surface area contributed by atoms with E-state index in [0.717, 1.165) is 15.9 Å². The minimum Gasteiger partial charge on any atom is -0.493 e. The van der Waals surface area contributed by atoms with Crippen molar-refractivity contribution in [1.29, 1.82) is 0 Å². The Kier molecular flexibility index (Phi) is 5.09. The highest BCUT2D eigenvalue weighted by molar-refractivity contribution is 9.10. The van der Waals surface area contributed by atoms with Crippen molar-refractivity contribution >= 4 is 33.2 Å². The van der Waals surface area contributed by atoms with Crippen molar-refractivity contribution < 1.29 is 9.47 Å². The van der Waals surface area contributed by atoms with Crippen LogP contribution in [0.15, 0.2) is 34.9 Å². The number of ether oxygens (including phenoxy) is 2. The highest BCUT2D eigenvalue weighted by Gasteiger charge is 2.11. The first-order valence-electron chi connectivity index (χ1n) is 5.90. The molecular weight excluding hydrogens is 344 g/mol. The van der Waals surface area contributed by atoms with Gasteiger partial charge in [-0.15, -0.1) is 0 Å². The maximum absolute atomic E-state index is 5.91. The maximum Gasteiger partial charge on any atom is 0.184 e. The molecule has 6 heteroatoms. The number of aromatic nitrogens is 1. The summed E-state index contributed by atoms with van der Waals surface area (Å²) in [5.41, 5.74) is 1.70. The van der Waals surface area contributed by atoms with Crippen molar-refractivity contribution in [1.82, 2.24) is 4.98 Å². The van der Waals surface area contributed by atoms with E-state index in [9.17, 15) is 0 Å². The lowest BCUT2D eigenvalue weighted by molar-refractivity contribution is 0.350. The zero-order chi connectivity index (χ0) is 14.5. The van der Waals surface area contributed by atoms with Gasteiger partial charge >= 0.3 is 0 Å². The van der Waals surface area contributed by atoms with E-state index in [1.807, 2.05) is 18.2 Å². The van der Waals surface area contributed by atoms with Gasteiger partial charge in [-0.25, -0.2) is 0 Å². The molecule has 0 spiro atoms. The minimum absolute atomic E-state index is 0.514. The number of hydrogen-bond acceptors (Lipinski definition) is 4. The van der Waals surface area contributed by atoms with Crippen molar-refractivity contribution in [3.8, 4) is 11.5 Å². The fourth-order valence-electron chi connectivity index (χ4n) is 1.79. The number of anilines is 1. The Labute approximate surface area is 131 Å². The predicted molar refractivity (Wildman–Crippen MR) is 83.8 cm³/mol. The van der Waals surface area contributed by atoms with Crippen molar-refractivity contribution in [2.24, 2.45) is 0 Å². The fourth-order valence-corrected chi connectivity index (χ4v) is 2.61. The lowest BCUT2D eigenvalue weighted by atomic mass is 10.2. The van der Waals surface area contributed by atoms with E-state index in [1.54, 1.807) is 26.5 Å². The highest BCUT2D eigenvalue weighted by atomic mass is 79.9. The predicted octanol–water partition coefficient (Wildman–Crippen LogP) is 4.13. The Morgan fingerprint density at radius 2 is 2.05 bits per heavy atom. The average molecular weight is 358 g/mol. The molecule has 2 aromatic rings. The summed E-state index contributed by atoms with van der Waals surface area (Å²) in [7, 11) is 3.20. The third-order valence-electron chi connectivity index (χ3n) is 2.74. The van der Waals surface area contributed by atoms with Gasteiger partial charge in [0.1, 0.15) is 5.69 Å². The molecule has 0 unspecified atom stereocenters. The van der Waals surface area contributed by atoms with Crippen LogP contribution in [0.5, 0.6) is 11.5 Å². The molecule has 0 amide bonds. The number of methoxy groups -OCH3 is 2. The molecule has 0 radical (unpaired) electrons. The minimum atomic E-state index is 0.514. The first-order valence-corrected chi connectivity index (χ1v) is 7.07. The van der Waals surface area contributed by atoms with Crippen molar-refractivity contribution in [3.05, 3.63) is 45.7 Å². The van der Waals surface area contributed by atoms with E-state index in [4.69, 9.17) is 21.1 Å². The molecule has 0 atom stereocenters. The van der Waals surface area contributed by atoms with Crippen LogP contribution in [0.25, 0.3) is 0 Å². The normalized spacial score (nSPS) is 10.2. The van der Waals surface area contributed by atoms with Crippen LogP contribution in [0.4, 0.5) is 5.69 Å². The van der Waals surface area contributed by atoms with Gasteiger partial charge in [0.25, 0.3) is 0 Å². The van der Waals surface area contributed by atoms with Crippen LogP contribution in [0.3, 0.4) is 0 Å². The van der Waals surface area contributed by atoms with E-state index >= 15 is 0 Å². The lowest BCUT2D eigenvalue weighted by Crippen LogP contribution is -2.05. The summed E-state index contributed by atoms with van der Waals surface area (Å²) < 4.78 is 11.5. The number of nitrogens with zero attached hydrogens (tertiary/aromatic N) is 1. The highest BCUT2D eigenvalue weighted by Crippen LogP contribution is 2.31. The van der Waals surface area contributed by atoms with Gasteiger partial charge in [-0.3, -0.25) is 4.98 Å². The molecule has 0 aliphatic heterocycles. The summed E-state index contributed by atoms with van der Waals surface area (Å²) in [5, 5.41) is 3.96. The maximum atomic E-state index is 5.91. The third kappa shape index (κ3) is 3.35. The molecule has 1 N–H and O–H groups in total. The first-order chi connectivity index (χ1) is 9.65. The van der Waals surface area contributed by atoms with Gasteiger partial charge < -0.3 is 14.8 Å². The molecule has 0 saturated heterocycles. The summed E-state index contributed by atoms with van der Waals surface area (Å²) in [6.45, 7) is 0.514. The summed E-state index contributed by atoms with van der Waals surface area (Å²) in [6.07, 6.45) is 1.69. The lowest BCUT2D eigenvalue weighted by Gasteiger charge is -2.13. The topological polar surface area (TPSA) is 43.4 Å². The fraction of sp³-hybridized carbons (Fsp3) is 0.214. The van der Waals surface area contributed by atoms with Gasteiger partial charge in [-0.2, -0.15) is 0 Å².